The molecule has 1 heterocycles. The minimum absolute atomic E-state index is 0.639. The zero-order valence-corrected chi connectivity index (χ0v) is 15.3. The van der Waals surface area contributed by atoms with Crippen LogP contribution in [0.5, 0.6) is 0 Å². The second-order valence-electron chi connectivity index (χ2n) is 6.03. The highest BCUT2D eigenvalue weighted by molar-refractivity contribution is 5.79. The van der Waals surface area contributed by atoms with Gasteiger partial charge in [0.1, 0.15) is 0 Å². The second kappa shape index (κ2) is 13.6. The Morgan fingerprint density at radius 1 is 1.22 bits per heavy atom. The maximum atomic E-state index is 5.44. The maximum absolute atomic E-state index is 5.44. The van der Waals surface area contributed by atoms with Crippen LogP contribution in [0.4, 0.5) is 0 Å². The molecule has 136 valence electrons. The van der Waals surface area contributed by atoms with Crippen molar-refractivity contribution in [2.45, 2.75) is 45.6 Å². The Balaban J connectivity index is 2.15. The molecule has 0 aromatic heterocycles. The highest BCUT2D eigenvalue weighted by Gasteiger charge is 2.16. The molecule has 1 saturated heterocycles. The summed E-state index contributed by atoms with van der Waals surface area (Å²) >= 11 is 0. The van der Waals surface area contributed by atoms with Crippen LogP contribution in [0.1, 0.15) is 39.5 Å². The number of aliphatic imine (C=N–C) groups is 1. The molecule has 0 spiro atoms. The largest absolute Gasteiger partial charge is 0.382 e. The van der Waals surface area contributed by atoms with E-state index in [9.17, 15) is 0 Å². The Labute approximate surface area is 142 Å². The summed E-state index contributed by atoms with van der Waals surface area (Å²) in [6.45, 7) is 11.3. The average Bonchev–Trinajstić information content (AvgIpc) is 2.56. The van der Waals surface area contributed by atoms with E-state index in [0.29, 0.717) is 19.8 Å². The Morgan fingerprint density at radius 2 is 2.09 bits per heavy atom. The first-order valence-corrected chi connectivity index (χ1v) is 9.10. The molecule has 1 rings (SSSR count). The van der Waals surface area contributed by atoms with Gasteiger partial charge in [0.2, 0.25) is 0 Å². The molecule has 0 saturated carbocycles. The zero-order valence-electron chi connectivity index (χ0n) is 15.3. The highest BCUT2D eigenvalue weighted by Crippen LogP contribution is 2.16. The van der Waals surface area contributed by atoms with Gasteiger partial charge in [-0.3, -0.25) is 4.99 Å². The van der Waals surface area contributed by atoms with Crippen LogP contribution in [0.3, 0.4) is 0 Å². The molecule has 1 aliphatic rings. The monoisotopic (exact) mass is 328 g/mol. The molecular formula is C17H36N4O2. The first-order valence-electron chi connectivity index (χ1n) is 9.10. The number of guanidine groups is 1. The summed E-state index contributed by atoms with van der Waals surface area (Å²) in [5.74, 6) is 0.884. The fourth-order valence-corrected chi connectivity index (χ4v) is 2.78. The van der Waals surface area contributed by atoms with Crippen molar-refractivity contribution in [1.29, 1.82) is 0 Å². The minimum atomic E-state index is 0.639. The maximum Gasteiger partial charge on any atom is 0.191 e. The number of likely N-dealkylation sites (tertiary alicyclic amines) is 1. The number of hydrogen-bond donors (Lipinski definition) is 2. The van der Waals surface area contributed by atoms with Gasteiger partial charge < -0.3 is 25.0 Å². The van der Waals surface area contributed by atoms with Crippen LogP contribution in [0, 0.1) is 0 Å². The van der Waals surface area contributed by atoms with Crippen molar-refractivity contribution >= 4 is 5.96 Å². The average molecular weight is 329 g/mol. The van der Waals surface area contributed by atoms with Crippen LogP contribution >= 0.6 is 0 Å². The van der Waals surface area contributed by atoms with Gasteiger partial charge in [-0.1, -0.05) is 6.42 Å². The molecule has 0 aromatic carbocycles. The first-order chi connectivity index (χ1) is 11.3. The molecule has 0 radical (unpaired) electrons. The summed E-state index contributed by atoms with van der Waals surface area (Å²) in [5.41, 5.74) is 0. The standard InChI is InChI=1S/C17H36N4O2/c1-4-18-17(20-10-13-23-15-14-22-3)19-9-7-12-21-11-6-5-8-16(21)2/h16H,4-15H2,1-3H3,(H2,18,19,20). The van der Waals surface area contributed by atoms with Gasteiger partial charge in [0.25, 0.3) is 0 Å². The molecule has 2 N–H and O–H groups in total. The van der Waals surface area contributed by atoms with E-state index in [-0.39, 0.29) is 0 Å². The van der Waals surface area contributed by atoms with Gasteiger partial charge in [0.15, 0.2) is 5.96 Å². The van der Waals surface area contributed by atoms with Crippen LogP contribution in [0.25, 0.3) is 0 Å². The predicted molar refractivity (Wildman–Crippen MR) is 96.2 cm³/mol. The number of nitrogens with zero attached hydrogens (tertiary/aromatic N) is 2. The van der Waals surface area contributed by atoms with E-state index < -0.39 is 0 Å². The third-order valence-corrected chi connectivity index (χ3v) is 4.13. The first kappa shape index (κ1) is 20.2. The van der Waals surface area contributed by atoms with Gasteiger partial charge in [-0.05, 0) is 39.7 Å². The highest BCUT2D eigenvalue weighted by atomic mass is 16.5. The Kier molecular flexibility index (Phi) is 11.9. The van der Waals surface area contributed by atoms with Crippen LogP contribution < -0.4 is 10.6 Å². The third kappa shape index (κ3) is 9.79. The molecule has 6 nitrogen and oxygen atoms in total. The number of rotatable bonds is 11. The van der Waals surface area contributed by atoms with Gasteiger partial charge >= 0.3 is 0 Å². The van der Waals surface area contributed by atoms with Crippen molar-refractivity contribution in [3.63, 3.8) is 0 Å². The number of nitrogens with one attached hydrogen (secondary N) is 2. The lowest BCUT2D eigenvalue weighted by atomic mass is 10.0. The minimum Gasteiger partial charge on any atom is -0.382 e. The van der Waals surface area contributed by atoms with E-state index in [2.05, 4.69) is 34.4 Å². The van der Waals surface area contributed by atoms with Crippen molar-refractivity contribution in [1.82, 2.24) is 15.5 Å². The number of methoxy groups -OCH3 is 1. The van der Waals surface area contributed by atoms with Crippen molar-refractivity contribution in [3.8, 4) is 0 Å². The predicted octanol–water partition coefficient (Wildman–Crippen LogP) is 1.47. The summed E-state index contributed by atoms with van der Waals surface area (Å²) in [6.07, 6.45) is 5.19. The summed E-state index contributed by atoms with van der Waals surface area (Å²) in [6, 6.07) is 0.739. The smallest absolute Gasteiger partial charge is 0.191 e. The lowest BCUT2D eigenvalue weighted by Crippen LogP contribution is -2.40. The van der Waals surface area contributed by atoms with Crippen LogP contribution in [0.2, 0.25) is 0 Å². The van der Waals surface area contributed by atoms with Crippen molar-refractivity contribution < 1.29 is 9.47 Å². The quantitative estimate of drug-likeness (QED) is 0.342. The van der Waals surface area contributed by atoms with E-state index in [1.165, 1.54) is 25.8 Å². The fourth-order valence-electron chi connectivity index (χ4n) is 2.78. The number of ether oxygens (including phenoxy) is 2. The molecular weight excluding hydrogens is 292 g/mol. The van der Waals surface area contributed by atoms with Gasteiger partial charge in [-0.15, -0.1) is 0 Å². The molecule has 23 heavy (non-hydrogen) atoms. The van der Waals surface area contributed by atoms with E-state index >= 15 is 0 Å². The number of piperidine rings is 1. The molecule has 1 aliphatic heterocycles. The molecule has 6 heteroatoms. The zero-order chi connectivity index (χ0) is 16.8. The Bertz CT molecular complexity index is 313. The van der Waals surface area contributed by atoms with Crippen LogP contribution in [-0.2, 0) is 9.47 Å². The van der Waals surface area contributed by atoms with Crippen LogP contribution in [0.15, 0.2) is 4.99 Å². The normalized spacial score (nSPS) is 19.8. The van der Waals surface area contributed by atoms with E-state index in [1.807, 2.05) is 0 Å². The Hall–Kier alpha value is -0.850. The molecule has 0 bridgehead atoms. The molecule has 1 atom stereocenters. The van der Waals surface area contributed by atoms with Gasteiger partial charge in [0.05, 0.1) is 19.8 Å². The molecule has 0 aliphatic carbocycles. The third-order valence-electron chi connectivity index (χ3n) is 4.13. The SMILES string of the molecule is CCNC(=NCCCN1CCCCC1C)NCCOCCOC. The van der Waals surface area contributed by atoms with E-state index in [1.54, 1.807) is 7.11 Å². The molecule has 1 unspecified atom stereocenters. The summed E-state index contributed by atoms with van der Waals surface area (Å²) in [4.78, 5) is 7.24. The summed E-state index contributed by atoms with van der Waals surface area (Å²) in [5, 5.41) is 6.58. The van der Waals surface area contributed by atoms with E-state index in [0.717, 1.165) is 44.6 Å². The van der Waals surface area contributed by atoms with Gasteiger partial charge in [0, 0.05) is 39.3 Å². The van der Waals surface area contributed by atoms with Gasteiger partial charge in [-0.2, -0.15) is 0 Å². The van der Waals surface area contributed by atoms with E-state index in [4.69, 9.17) is 9.47 Å². The second-order valence-corrected chi connectivity index (χ2v) is 6.03. The lowest BCUT2D eigenvalue weighted by Gasteiger charge is -2.33. The van der Waals surface area contributed by atoms with Crippen LogP contribution in [-0.4, -0.2) is 76.6 Å². The number of hydrogen-bond acceptors (Lipinski definition) is 4. The molecule has 0 aromatic rings. The lowest BCUT2D eigenvalue weighted by molar-refractivity contribution is 0.0733. The van der Waals surface area contributed by atoms with Crippen molar-refractivity contribution in [2.24, 2.45) is 4.99 Å². The summed E-state index contributed by atoms with van der Waals surface area (Å²) in [7, 11) is 1.68. The summed E-state index contributed by atoms with van der Waals surface area (Å²) < 4.78 is 10.4. The topological polar surface area (TPSA) is 58.1 Å². The Morgan fingerprint density at radius 3 is 2.83 bits per heavy atom. The van der Waals surface area contributed by atoms with Crippen molar-refractivity contribution in [3.05, 3.63) is 0 Å². The fraction of sp³-hybridized carbons (Fsp3) is 0.941. The van der Waals surface area contributed by atoms with Crippen molar-refractivity contribution in [2.75, 3.05) is 59.7 Å². The molecule has 0 amide bonds. The molecule has 1 fully saturated rings. The van der Waals surface area contributed by atoms with Gasteiger partial charge in [-0.25, -0.2) is 0 Å².